The summed E-state index contributed by atoms with van der Waals surface area (Å²) in [5, 5.41) is 1.83. The number of fused-ring (bicyclic) bond motifs is 3. The number of hydrogen-bond donors (Lipinski definition) is 1. The maximum Gasteiger partial charge on any atom is 0.268 e. The van der Waals surface area contributed by atoms with Gasteiger partial charge >= 0.3 is 0 Å². The highest BCUT2D eigenvalue weighted by Crippen LogP contribution is 2.37. The van der Waals surface area contributed by atoms with Crippen molar-refractivity contribution in [3.8, 4) is 0 Å². The molecule has 2 N–H and O–H groups in total. The Morgan fingerprint density at radius 3 is 2.41 bits per heavy atom. The van der Waals surface area contributed by atoms with Gasteiger partial charge in [0.2, 0.25) is 5.91 Å². The van der Waals surface area contributed by atoms with Crippen molar-refractivity contribution in [1.82, 2.24) is 3.97 Å². The molecular formula is C21H16BrClN2O3S. The first-order valence-corrected chi connectivity index (χ1v) is 11.3. The fourth-order valence-corrected chi connectivity index (χ4v) is 5.75. The van der Waals surface area contributed by atoms with Crippen molar-refractivity contribution in [2.75, 3.05) is 0 Å². The molecule has 148 valence electrons. The van der Waals surface area contributed by atoms with Crippen LogP contribution in [-0.2, 0) is 21.2 Å². The molecule has 1 heterocycles. The number of nitrogens with two attached hydrogens (primary N) is 1. The second kappa shape index (κ2) is 7.16. The minimum Gasteiger partial charge on any atom is -0.369 e. The third-order valence-corrected chi connectivity index (χ3v) is 7.17. The van der Waals surface area contributed by atoms with E-state index < -0.39 is 15.9 Å². The summed E-state index contributed by atoms with van der Waals surface area (Å²) in [7, 11) is -3.94. The molecule has 4 aromatic rings. The molecule has 0 spiro atoms. The zero-order valence-electron chi connectivity index (χ0n) is 15.3. The van der Waals surface area contributed by atoms with Gasteiger partial charge in [0, 0.05) is 20.3 Å². The lowest BCUT2D eigenvalue weighted by molar-refractivity contribution is -0.117. The minimum atomic E-state index is -3.94. The van der Waals surface area contributed by atoms with E-state index in [0.29, 0.717) is 36.9 Å². The number of primary amides is 1. The third-order valence-electron chi connectivity index (χ3n) is 4.75. The fourth-order valence-electron chi connectivity index (χ4n) is 3.51. The van der Waals surface area contributed by atoms with Gasteiger partial charge in [0.1, 0.15) is 0 Å². The number of aromatic nitrogens is 1. The Morgan fingerprint density at radius 2 is 1.76 bits per heavy atom. The smallest absolute Gasteiger partial charge is 0.268 e. The van der Waals surface area contributed by atoms with E-state index in [1.54, 1.807) is 48.5 Å². The van der Waals surface area contributed by atoms with Gasteiger partial charge in [0.25, 0.3) is 10.0 Å². The number of rotatable bonds is 4. The van der Waals surface area contributed by atoms with Crippen LogP contribution in [0, 0.1) is 6.92 Å². The maximum atomic E-state index is 13.6. The van der Waals surface area contributed by atoms with Crippen molar-refractivity contribution in [3.63, 3.8) is 0 Å². The average molecular weight is 492 g/mol. The van der Waals surface area contributed by atoms with E-state index in [2.05, 4.69) is 15.9 Å². The monoisotopic (exact) mass is 490 g/mol. The van der Waals surface area contributed by atoms with Gasteiger partial charge in [-0.05, 0) is 55.0 Å². The molecule has 3 aromatic carbocycles. The summed E-state index contributed by atoms with van der Waals surface area (Å²) < 4.78 is 29.3. The molecule has 1 amide bonds. The van der Waals surface area contributed by atoms with Crippen molar-refractivity contribution in [2.24, 2.45) is 5.73 Å². The SMILES string of the molecule is Cc1ccc(S(=O)(=O)n2c3ccc(Cl)cc3c3cc(Br)cc(CC(N)=O)c32)cc1. The van der Waals surface area contributed by atoms with Gasteiger partial charge in [-0.2, -0.15) is 0 Å². The molecule has 4 rings (SSSR count). The molecule has 1 aromatic heterocycles. The number of amides is 1. The van der Waals surface area contributed by atoms with E-state index >= 15 is 0 Å². The summed E-state index contributed by atoms with van der Waals surface area (Å²) in [6.45, 7) is 1.89. The van der Waals surface area contributed by atoms with Crippen molar-refractivity contribution >= 4 is 65.3 Å². The van der Waals surface area contributed by atoms with E-state index in [9.17, 15) is 13.2 Å². The first-order valence-electron chi connectivity index (χ1n) is 8.71. The van der Waals surface area contributed by atoms with Crippen molar-refractivity contribution < 1.29 is 13.2 Å². The number of carbonyl (C=O) groups excluding carboxylic acids is 1. The van der Waals surface area contributed by atoms with Crippen molar-refractivity contribution in [2.45, 2.75) is 18.2 Å². The van der Waals surface area contributed by atoms with Crippen LogP contribution in [0.5, 0.6) is 0 Å². The number of nitrogens with zero attached hydrogens (tertiary/aromatic N) is 1. The fraction of sp³-hybridized carbons (Fsp3) is 0.0952. The summed E-state index contributed by atoms with van der Waals surface area (Å²) >= 11 is 9.64. The van der Waals surface area contributed by atoms with E-state index in [4.69, 9.17) is 17.3 Å². The lowest BCUT2D eigenvalue weighted by atomic mass is 10.1. The highest BCUT2D eigenvalue weighted by atomic mass is 79.9. The molecule has 0 bridgehead atoms. The highest BCUT2D eigenvalue weighted by Gasteiger charge is 2.26. The summed E-state index contributed by atoms with van der Waals surface area (Å²) in [5.74, 6) is -0.549. The Morgan fingerprint density at radius 1 is 1.07 bits per heavy atom. The van der Waals surface area contributed by atoms with E-state index in [0.717, 1.165) is 5.56 Å². The molecule has 0 aliphatic carbocycles. The third kappa shape index (κ3) is 3.43. The van der Waals surface area contributed by atoms with Gasteiger partial charge in [0.15, 0.2) is 0 Å². The average Bonchev–Trinajstić information content (AvgIpc) is 2.96. The van der Waals surface area contributed by atoms with Crippen LogP contribution < -0.4 is 5.73 Å². The van der Waals surface area contributed by atoms with Gasteiger partial charge in [-0.3, -0.25) is 4.79 Å². The predicted octanol–water partition coefficient (Wildman–Crippen LogP) is 4.78. The first-order chi connectivity index (χ1) is 13.7. The van der Waals surface area contributed by atoms with Crippen LogP contribution in [0.1, 0.15) is 11.1 Å². The largest absolute Gasteiger partial charge is 0.369 e. The second-order valence-corrected chi connectivity index (χ2v) is 9.99. The van der Waals surface area contributed by atoms with Crippen molar-refractivity contribution in [1.29, 1.82) is 0 Å². The van der Waals surface area contributed by atoms with Crippen LogP contribution >= 0.6 is 27.5 Å². The summed E-state index contributed by atoms with van der Waals surface area (Å²) in [5.41, 5.74) is 7.81. The molecule has 0 radical (unpaired) electrons. The standard InChI is InChI=1S/C21H16BrClN2O3S/c1-12-2-5-16(6-3-12)29(27,28)25-19-7-4-15(23)11-17(19)18-10-14(22)8-13(21(18)25)9-20(24)26/h2-8,10-11H,9H2,1H3,(H2,24,26). The van der Waals surface area contributed by atoms with E-state index in [1.807, 2.05) is 13.0 Å². The summed E-state index contributed by atoms with van der Waals surface area (Å²) in [6, 6.07) is 15.2. The van der Waals surface area contributed by atoms with Gasteiger partial charge < -0.3 is 5.73 Å². The normalized spacial score (nSPS) is 12.0. The molecule has 0 atom stereocenters. The highest BCUT2D eigenvalue weighted by molar-refractivity contribution is 9.10. The Balaban J connectivity index is 2.19. The summed E-state index contributed by atoms with van der Waals surface area (Å²) in [6.07, 6.45) is -0.0938. The number of hydrogen-bond acceptors (Lipinski definition) is 3. The number of benzene rings is 3. The number of aryl methyl sites for hydroxylation is 1. The van der Waals surface area contributed by atoms with E-state index in [1.165, 1.54) is 3.97 Å². The van der Waals surface area contributed by atoms with Crippen LogP contribution in [0.3, 0.4) is 0 Å². The molecule has 0 fully saturated rings. The van der Waals surface area contributed by atoms with Crippen LogP contribution in [0.4, 0.5) is 0 Å². The number of halogens is 2. The Bertz CT molecular complexity index is 1390. The number of carbonyl (C=O) groups is 1. The quantitative estimate of drug-likeness (QED) is 0.446. The molecule has 0 unspecified atom stereocenters. The predicted molar refractivity (Wildman–Crippen MR) is 119 cm³/mol. The molecule has 0 saturated heterocycles. The summed E-state index contributed by atoms with van der Waals surface area (Å²) in [4.78, 5) is 11.8. The molecule has 8 heteroatoms. The van der Waals surface area contributed by atoms with Gasteiger partial charge in [-0.1, -0.05) is 45.2 Å². The van der Waals surface area contributed by atoms with Crippen LogP contribution in [0.25, 0.3) is 21.8 Å². The maximum absolute atomic E-state index is 13.6. The Labute approximate surface area is 181 Å². The molecule has 0 aliphatic rings. The van der Waals surface area contributed by atoms with E-state index in [-0.39, 0.29) is 11.3 Å². The molecule has 0 aliphatic heterocycles. The Hall–Kier alpha value is -2.35. The molecule has 29 heavy (non-hydrogen) atoms. The zero-order valence-corrected chi connectivity index (χ0v) is 18.5. The van der Waals surface area contributed by atoms with Crippen molar-refractivity contribution in [3.05, 3.63) is 75.2 Å². The topological polar surface area (TPSA) is 82.2 Å². The van der Waals surface area contributed by atoms with Gasteiger partial charge in [-0.25, -0.2) is 12.4 Å². The van der Waals surface area contributed by atoms with Crippen LogP contribution in [0.2, 0.25) is 5.02 Å². The molecule has 0 saturated carbocycles. The van der Waals surface area contributed by atoms with Crippen LogP contribution in [-0.4, -0.2) is 18.3 Å². The lowest BCUT2D eigenvalue weighted by Gasteiger charge is -2.12. The van der Waals surface area contributed by atoms with Gasteiger partial charge in [0.05, 0.1) is 22.3 Å². The Kier molecular flexibility index (Phi) is 4.93. The second-order valence-electron chi connectivity index (χ2n) is 6.85. The molecular weight excluding hydrogens is 476 g/mol. The lowest BCUT2D eigenvalue weighted by Crippen LogP contribution is -2.17. The van der Waals surface area contributed by atoms with Gasteiger partial charge in [-0.15, -0.1) is 0 Å². The first kappa shape index (κ1) is 19.9. The molecule has 5 nitrogen and oxygen atoms in total. The zero-order chi connectivity index (χ0) is 20.9. The van der Waals surface area contributed by atoms with Crippen LogP contribution in [0.15, 0.2) is 64.0 Å². The minimum absolute atomic E-state index is 0.0938.